The molecule has 0 bridgehead atoms. The van der Waals surface area contributed by atoms with Crippen LogP contribution in [0.25, 0.3) is 11.1 Å². The topological polar surface area (TPSA) is 107 Å². The highest BCUT2D eigenvalue weighted by molar-refractivity contribution is 8.01. The molecule has 2 aromatic heterocycles. The largest absolute Gasteiger partial charge is 0.419 e. The van der Waals surface area contributed by atoms with E-state index >= 15 is 0 Å². The zero-order valence-corrected chi connectivity index (χ0v) is 20.4. The van der Waals surface area contributed by atoms with Crippen LogP contribution in [0.3, 0.4) is 0 Å². The van der Waals surface area contributed by atoms with E-state index in [9.17, 15) is 14.4 Å². The maximum absolute atomic E-state index is 12.4. The van der Waals surface area contributed by atoms with Gasteiger partial charge in [0.25, 0.3) is 0 Å². The molecule has 1 amide bonds. The van der Waals surface area contributed by atoms with Crippen LogP contribution in [0, 0.1) is 0 Å². The quantitative estimate of drug-likeness (QED) is 0.180. The molecular weight excluding hydrogens is 531 g/mol. The molecule has 0 fully saturated rings. The second-order valence-electron chi connectivity index (χ2n) is 6.64. The summed E-state index contributed by atoms with van der Waals surface area (Å²) in [6, 6.07) is 9.52. The first kappa shape index (κ1) is 23.8. The number of ketones is 1. The lowest BCUT2D eigenvalue weighted by molar-refractivity contribution is -0.116. The van der Waals surface area contributed by atoms with E-state index in [4.69, 9.17) is 39.2 Å². The standard InChI is InChI=1S/C20H13Cl3N4O4S2/c21-10-1-3-12(13(23)7-10)15(28)9-32-19-26-25-18(33-19)24-17(29)5-6-27-14-4-2-11(22)8-16(14)31-20(27)30/h1-4,7-8H,5-6,9H2,(H,24,25,29). The van der Waals surface area contributed by atoms with Gasteiger partial charge in [0.15, 0.2) is 15.7 Å². The number of benzene rings is 2. The molecule has 4 rings (SSSR count). The van der Waals surface area contributed by atoms with E-state index in [1.54, 1.807) is 30.3 Å². The van der Waals surface area contributed by atoms with Crippen molar-refractivity contribution in [2.45, 2.75) is 17.3 Å². The van der Waals surface area contributed by atoms with Gasteiger partial charge in [-0.05, 0) is 30.3 Å². The fourth-order valence-corrected chi connectivity index (χ4v) is 5.21. The summed E-state index contributed by atoms with van der Waals surface area (Å²) in [5.74, 6) is -0.992. The molecule has 33 heavy (non-hydrogen) atoms. The maximum Gasteiger partial charge on any atom is 0.419 e. The van der Waals surface area contributed by atoms with E-state index in [-0.39, 0.29) is 40.6 Å². The van der Waals surface area contributed by atoms with Crippen molar-refractivity contribution < 1.29 is 14.0 Å². The van der Waals surface area contributed by atoms with E-state index in [1.807, 2.05) is 0 Å². The van der Waals surface area contributed by atoms with Crippen molar-refractivity contribution in [1.29, 1.82) is 0 Å². The Hall–Kier alpha value is -2.37. The summed E-state index contributed by atoms with van der Waals surface area (Å²) in [5, 5.41) is 12.0. The number of anilines is 1. The molecule has 0 aliphatic heterocycles. The van der Waals surface area contributed by atoms with Gasteiger partial charge in [-0.3, -0.25) is 14.2 Å². The third kappa shape index (κ3) is 5.77. The molecule has 0 spiro atoms. The summed E-state index contributed by atoms with van der Waals surface area (Å²) < 4.78 is 7.02. The molecule has 0 atom stereocenters. The van der Waals surface area contributed by atoms with Crippen molar-refractivity contribution in [3.8, 4) is 0 Å². The number of aryl methyl sites for hydroxylation is 1. The van der Waals surface area contributed by atoms with Gasteiger partial charge < -0.3 is 9.73 Å². The molecule has 0 saturated carbocycles. The lowest BCUT2D eigenvalue weighted by Gasteiger charge is -2.03. The predicted molar refractivity (Wildman–Crippen MR) is 130 cm³/mol. The summed E-state index contributed by atoms with van der Waals surface area (Å²) >= 11 is 20.1. The van der Waals surface area contributed by atoms with Crippen molar-refractivity contribution in [2.24, 2.45) is 0 Å². The van der Waals surface area contributed by atoms with E-state index < -0.39 is 5.76 Å². The van der Waals surface area contributed by atoms with Crippen LogP contribution < -0.4 is 11.1 Å². The van der Waals surface area contributed by atoms with E-state index in [1.165, 1.54) is 22.4 Å². The van der Waals surface area contributed by atoms with Gasteiger partial charge in [0.1, 0.15) is 0 Å². The number of rotatable bonds is 8. The number of Topliss-reactive ketones (excluding diaryl/α,β-unsaturated/α-hetero) is 1. The molecule has 1 N–H and O–H groups in total. The number of oxazole rings is 1. The Morgan fingerprint density at radius 3 is 2.64 bits per heavy atom. The minimum absolute atomic E-state index is 0.0206. The highest BCUT2D eigenvalue weighted by atomic mass is 35.5. The van der Waals surface area contributed by atoms with E-state index in [0.717, 1.165) is 11.3 Å². The molecule has 2 aromatic carbocycles. The molecule has 8 nitrogen and oxygen atoms in total. The number of carbonyl (C=O) groups is 2. The molecular formula is C20H13Cl3N4O4S2. The molecule has 0 radical (unpaired) electrons. The number of aromatic nitrogens is 3. The molecule has 2 heterocycles. The number of fused-ring (bicyclic) bond motifs is 1. The lowest BCUT2D eigenvalue weighted by atomic mass is 10.1. The number of halogens is 3. The van der Waals surface area contributed by atoms with Gasteiger partial charge >= 0.3 is 5.76 Å². The third-order valence-corrected chi connectivity index (χ3v) is 7.16. The highest BCUT2D eigenvalue weighted by Crippen LogP contribution is 2.28. The zero-order valence-electron chi connectivity index (χ0n) is 16.5. The summed E-state index contributed by atoms with van der Waals surface area (Å²) in [6.07, 6.45) is 0.0206. The minimum atomic E-state index is -0.569. The normalized spacial score (nSPS) is 11.1. The van der Waals surface area contributed by atoms with Gasteiger partial charge in [0.05, 0.1) is 16.3 Å². The zero-order chi connectivity index (χ0) is 23.5. The average molecular weight is 544 g/mol. The maximum atomic E-state index is 12.4. The fraction of sp³-hybridized carbons (Fsp3) is 0.150. The first-order chi connectivity index (χ1) is 15.8. The number of thioether (sulfide) groups is 1. The Labute approximate surface area is 209 Å². The first-order valence-corrected chi connectivity index (χ1v) is 12.3. The second-order valence-corrected chi connectivity index (χ2v) is 10.1. The smallest absolute Gasteiger partial charge is 0.408 e. The van der Waals surface area contributed by atoms with Gasteiger partial charge in [-0.1, -0.05) is 57.9 Å². The number of hydrogen-bond donors (Lipinski definition) is 1. The van der Waals surface area contributed by atoms with Gasteiger partial charge in [-0.15, -0.1) is 10.2 Å². The number of carbonyl (C=O) groups excluding carboxylic acids is 2. The molecule has 0 saturated heterocycles. The Morgan fingerprint density at radius 1 is 1.09 bits per heavy atom. The van der Waals surface area contributed by atoms with E-state index in [2.05, 4.69) is 15.5 Å². The van der Waals surface area contributed by atoms with Crippen molar-refractivity contribution >= 4 is 85.8 Å². The van der Waals surface area contributed by atoms with Crippen molar-refractivity contribution in [1.82, 2.24) is 14.8 Å². The second kappa shape index (κ2) is 10.3. The Kier molecular flexibility index (Phi) is 7.40. The predicted octanol–water partition coefficient (Wildman–Crippen LogP) is 5.41. The number of amides is 1. The molecule has 0 unspecified atom stereocenters. The lowest BCUT2D eigenvalue weighted by Crippen LogP contribution is -2.19. The molecule has 13 heteroatoms. The Morgan fingerprint density at radius 2 is 1.85 bits per heavy atom. The Bertz CT molecular complexity index is 1420. The summed E-state index contributed by atoms with van der Waals surface area (Å²) in [5.41, 5.74) is 1.28. The van der Waals surface area contributed by atoms with Crippen molar-refractivity contribution in [3.05, 3.63) is 67.6 Å². The van der Waals surface area contributed by atoms with Crippen LogP contribution in [-0.4, -0.2) is 32.2 Å². The van der Waals surface area contributed by atoms with Crippen LogP contribution in [0.4, 0.5) is 5.13 Å². The molecule has 0 aliphatic carbocycles. The van der Waals surface area contributed by atoms with Crippen LogP contribution in [0.1, 0.15) is 16.8 Å². The van der Waals surface area contributed by atoms with Gasteiger partial charge in [-0.2, -0.15) is 0 Å². The third-order valence-electron chi connectivity index (χ3n) is 4.40. The molecule has 0 aliphatic rings. The van der Waals surface area contributed by atoms with Crippen LogP contribution in [-0.2, 0) is 11.3 Å². The first-order valence-electron chi connectivity index (χ1n) is 9.33. The van der Waals surface area contributed by atoms with Gasteiger partial charge in [0, 0.05) is 34.6 Å². The minimum Gasteiger partial charge on any atom is -0.408 e. The van der Waals surface area contributed by atoms with Crippen molar-refractivity contribution in [3.63, 3.8) is 0 Å². The summed E-state index contributed by atoms with van der Waals surface area (Å²) in [6.45, 7) is 0.121. The van der Waals surface area contributed by atoms with Crippen LogP contribution in [0.2, 0.25) is 15.1 Å². The summed E-state index contributed by atoms with van der Waals surface area (Å²) in [4.78, 5) is 36.7. The average Bonchev–Trinajstić information content (AvgIpc) is 3.33. The van der Waals surface area contributed by atoms with Crippen LogP contribution in [0.5, 0.6) is 0 Å². The monoisotopic (exact) mass is 542 g/mol. The Balaban J connectivity index is 1.31. The number of nitrogens with one attached hydrogen (secondary N) is 1. The summed E-state index contributed by atoms with van der Waals surface area (Å²) in [7, 11) is 0. The number of hydrogen-bond acceptors (Lipinski definition) is 8. The SMILES string of the molecule is O=C(CCn1c(=O)oc2cc(Cl)ccc21)Nc1nnc(SCC(=O)c2ccc(Cl)cc2Cl)s1. The fourth-order valence-electron chi connectivity index (χ4n) is 2.89. The van der Waals surface area contributed by atoms with E-state index in [0.29, 0.717) is 31.0 Å². The highest BCUT2D eigenvalue weighted by Gasteiger charge is 2.15. The molecule has 170 valence electrons. The van der Waals surface area contributed by atoms with Gasteiger partial charge in [-0.25, -0.2) is 4.79 Å². The number of nitrogens with zero attached hydrogens (tertiary/aromatic N) is 3. The van der Waals surface area contributed by atoms with Crippen LogP contribution >= 0.6 is 57.9 Å². The van der Waals surface area contributed by atoms with Crippen LogP contribution in [0.15, 0.2) is 49.9 Å². The molecule has 4 aromatic rings. The van der Waals surface area contributed by atoms with Crippen molar-refractivity contribution in [2.75, 3.05) is 11.1 Å². The van der Waals surface area contributed by atoms with Gasteiger partial charge in [0.2, 0.25) is 11.0 Å².